The van der Waals surface area contributed by atoms with E-state index in [1.54, 1.807) is 12.1 Å². The molecule has 1 fully saturated rings. The van der Waals surface area contributed by atoms with Crippen LogP contribution in [0.15, 0.2) is 46.8 Å². The highest BCUT2D eigenvalue weighted by atomic mass is 35.5. The van der Waals surface area contributed by atoms with Crippen LogP contribution < -0.4 is 10.2 Å². The van der Waals surface area contributed by atoms with Crippen LogP contribution in [0.1, 0.15) is 5.56 Å². The summed E-state index contributed by atoms with van der Waals surface area (Å²) in [4.78, 5) is 16.6. The summed E-state index contributed by atoms with van der Waals surface area (Å²) < 4.78 is 13.8. The topological polar surface area (TPSA) is 61.4 Å². The van der Waals surface area contributed by atoms with Gasteiger partial charge in [-0.2, -0.15) is 0 Å². The zero-order valence-corrected chi connectivity index (χ0v) is 19.2. The second-order valence-electron chi connectivity index (χ2n) is 7.10. The van der Waals surface area contributed by atoms with Crippen LogP contribution in [-0.2, 0) is 4.79 Å². The van der Waals surface area contributed by atoms with Crippen molar-refractivity contribution < 1.29 is 9.18 Å². The minimum absolute atomic E-state index is 0.0822. The molecule has 1 amide bonds. The lowest BCUT2D eigenvalue weighted by Crippen LogP contribution is -2.49. The number of carbonyl (C=O) groups excluding carboxylic acids is 1. The van der Waals surface area contributed by atoms with Gasteiger partial charge in [0.1, 0.15) is 5.82 Å². The van der Waals surface area contributed by atoms with Crippen molar-refractivity contribution in [2.75, 3.05) is 42.1 Å². The van der Waals surface area contributed by atoms with Crippen molar-refractivity contribution in [3.8, 4) is 0 Å². The summed E-state index contributed by atoms with van der Waals surface area (Å²) in [6.07, 6.45) is 0. The first-order chi connectivity index (χ1) is 15.0. The van der Waals surface area contributed by atoms with Gasteiger partial charge in [0.05, 0.1) is 5.75 Å². The predicted octanol–water partition coefficient (Wildman–Crippen LogP) is 4.82. The molecule has 1 saturated heterocycles. The molecule has 0 bridgehead atoms. The molecule has 3 aromatic rings. The first kappa shape index (κ1) is 21.9. The monoisotopic (exact) mass is 477 g/mol. The zero-order chi connectivity index (χ0) is 21.8. The fourth-order valence-corrected chi connectivity index (χ4v) is 5.05. The van der Waals surface area contributed by atoms with Crippen LogP contribution >= 0.6 is 34.7 Å². The average Bonchev–Trinajstić information content (AvgIpc) is 3.22. The van der Waals surface area contributed by atoms with E-state index in [0.29, 0.717) is 29.0 Å². The molecule has 0 saturated carbocycles. The van der Waals surface area contributed by atoms with Gasteiger partial charge in [-0.05, 0) is 48.9 Å². The van der Waals surface area contributed by atoms with Crippen LogP contribution in [-0.4, -0.2) is 52.9 Å². The largest absolute Gasteiger partial charge is 0.368 e. The lowest BCUT2D eigenvalue weighted by atomic mass is 10.2. The smallest absolute Gasteiger partial charge is 0.233 e. The summed E-state index contributed by atoms with van der Waals surface area (Å²) in [5.41, 5.74) is 2.84. The molecule has 6 nitrogen and oxygen atoms in total. The van der Waals surface area contributed by atoms with Crippen LogP contribution in [0.4, 0.5) is 20.9 Å². The van der Waals surface area contributed by atoms with E-state index in [4.69, 9.17) is 11.6 Å². The number of amides is 1. The summed E-state index contributed by atoms with van der Waals surface area (Å²) in [5, 5.41) is 12.8. The number of halogens is 2. The van der Waals surface area contributed by atoms with Gasteiger partial charge in [0, 0.05) is 42.6 Å². The van der Waals surface area contributed by atoms with Gasteiger partial charge in [0.15, 0.2) is 4.34 Å². The van der Waals surface area contributed by atoms with E-state index in [1.807, 2.05) is 30.0 Å². The molecular formula is C21H21ClFN5OS2. The van der Waals surface area contributed by atoms with E-state index in [2.05, 4.69) is 20.4 Å². The molecule has 162 valence electrons. The highest BCUT2D eigenvalue weighted by Gasteiger charge is 2.22. The Morgan fingerprint density at radius 3 is 2.61 bits per heavy atom. The zero-order valence-electron chi connectivity index (χ0n) is 16.8. The summed E-state index contributed by atoms with van der Waals surface area (Å²) in [5.74, 6) is 0.160. The van der Waals surface area contributed by atoms with E-state index in [0.717, 1.165) is 34.4 Å². The van der Waals surface area contributed by atoms with E-state index in [9.17, 15) is 9.18 Å². The Balaban J connectivity index is 1.25. The number of rotatable bonds is 6. The number of anilines is 3. The summed E-state index contributed by atoms with van der Waals surface area (Å²) in [6.45, 7) is 4.70. The molecule has 0 spiro atoms. The van der Waals surface area contributed by atoms with Crippen molar-refractivity contribution >= 4 is 57.1 Å². The lowest BCUT2D eigenvalue weighted by Gasteiger charge is -2.36. The normalized spacial score (nSPS) is 14.0. The molecule has 1 aliphatic rings. The van der Waals surface area contributed by atoms with Crippen molar-refractivity contribution in [1.29, 1.82) is 0 Å². The van der Waals surface area contributed by atoms with Gasteiger partial charge in [0.2, 0.25) is 11.0 Å². The maximum atomic E-state index is 13.1. The number of aryl methyl sites for hydroxylation is 1. The standard InChI is InChI=1S/C21H21ClFN5OS2/c1-14-2-5-16(12-18(14)22)24-20-25-26-21(31-20)30-13-19(29)28-10-8-27(9-11-28)17-6-3-15(23)4-7-17/h2-7,12H,8-11,13H2,1H3,(H,24,25). The van der Waals surface area contributed by atoms with Crippen molar-refractivity contribution in [1.82, 2.24) is 15.1 Å². The minimum Gasteiger partial charge on any atom is -0.368 e. The number of aromatic nitrogens is 2. The fraction of sp³-hybridized carbons (Fsp3) is 0.286. The molecule has 1 aromatic heterocycles. The van der Waals surface area contributed by atoms with Crippen LogP contribution in [0.3, 0.4) is 0 Å². The minimum atomic E-state index is -0.243. The van der Waals surface area contributed by atoms with E-state index in [-0.39, 0.29) is 11.7 Å². The number of nitrogens with one attached hydrogen (secondary N) is 1. The quantitative estimate of drug-likeness (QED) is 0.513. The third-order valence-electron chi connectivity index (χ3n) is 4.97. The Kier molecular flexibility index (Phi) is 6.94. The molecule has 1 N–H and O–H groups in total. The van der Waals surface area contributed by atoms with Crippen molar-refractivity contribution in [3.05, 3.63) is 58.9 Å². The number of hydrogen-bond acceptors (Lipinski definition) is 7. The fourth-order valence-electron chi connectivity index (χ4n) is 3.19. The van der Waals surface area contributed by atoms with E-state index >= 15 is 0 Å². The van der Waals surface area contributed by atoms with Gasteiger partial charge in [-0.15, -0.1) is 10.2 Å². The number of carbonyl (C=O) groups is 1. The number of benzene rings is 2. The van der Waals surface area contributed by atoms with Crippen molar-refractivity contribution in [2.45, 2.75) is 11.3 Å². The van der Waals surface area contributed by atoms with Crippen LogP contribution in [0.2, 0.25) is 5.02 Å². The molecule has 2 aromatic carbocycles. The molecule has 10 heteroatoms. The highest BCUT2D eigenvalue weighted by molar-refractivity contribution is 8.01. The number of nitrogens with zero attached hydrogens (tertiary/aromatic N) is 4. The SMILES string of the molecule is Cc1ccc(Nc2nnc(SCC(=O)N3CCN(c4ccc(F)cc4)CC3)s2)cc1Cl. The molecule has 4 rings (SSSR count). The third-order valence-corrected chi connectivity index (χ3v) is 7.34. The Bertz CT molecular complexity index is 1050. The molecular weight excluding hydrogens is 457 g/mol. The van der Waals surface area contributed by atoms with Gasteiger partial charge in [-0.3, -0.25) is 4.79 Å². The van der Waals surface area contributed by atoms with Crippen LogP contribution in [0.5, 0.6) is 0 Å². The predicted molar refractivity (Wildman–Crippen MR) is 125 cm³/mol. The molecule has 0 unspecified atom stereocenters. The van der Waals surface area contributed by atoms with Gasteiger partial charge in [0.25, 0.3) is 0 Å². The first-order valence-corrected chi connectivity index (χ1v) is 11.9. The molecule has 2 heterocycles. The van der Waals surface area contributed by atoms with E-state index in [1.165, 1.54) is 35.2 Å². The van der Waals surface area contributed by atoms with Crippen molar-refractivity contribution in [2.24, 2.45) is 0 Å². The van der Waals surface area contributed by atoms with Gasteiger partial charge < -0.3 is 15.1 Å². The van der Waals surface area contributed by atoms with Gasteiger partial charge >= 0.3 is 0 Å². The van der Waals surface area contributed by atoms with Gasteiger partial charge in [-0.1, -0.05) is 40.8 Å². The third kappa shape index (κ3) is 5.66. The molecule has 1 aliphatic heterocycles. The average molecular weight is 478 g/mol. The Hall–Kier alpha value is -2.36. The van der Waals surface area contributed by atoms with Gasteiger partial charge in [-0.25, -0.2) is 4.39 Å². The Labute approximate surface area is 193 Å². The maximum Gasteiger partial charge on any atom is 0.233 e. The molecule has 0 radical (unpaired) electrons. The maximum absolute atomic E-state index is 13.1. The Morgan fingerprint density at radius 1 is 1.16 bits per heavy atom. The van der Waals surface area contributed by atoms with E-state index < -0.39 is 0 Å². The van der Waals surface area contributed by atoms with Crippen LogP contribution in [0, 0.1) is 12.7 Å². The van der Waals surface area contributed by atoms with Crippen molar-refractivity contribution in [3.63, 3.8) is 0 Å². The second kappa shape index (κ2) is 9.84. The summed E-state index contributed by atoms with van der Waals surface area (Å²) >= 11 is 8.95. The summed E-state index contributed by atoms with van der Waals surface area (Å²) in [7, 11) is 0. The number of hydrogen-bond donors (Lipinski definition) is 1. The molecule has 0 aliphatic carbocycles. The molecule has 0 atom stereocenters. The number of piperazine rings is 1. The number of thioether (sulfide) groups is 1. The molecule has 31 heavy (non-hydrogen) atoms. The second-order valence-corrected chi connectivity index (χ2v) is 9.70. The lowest BCUT2D eigenvalue weighted by molar-refractivity contribution is -0.128. The summed E-state index contributed by atoms with van der Waals surface area (Å²) in [6, 6.07) is 12.2. The Morgan fingerprint density at radius 2 is 1.90 bits per heavy atom. The first-order valence-electron chi connectivity index (χ1n) is 9.76. The van der Waals surface area contributed by atoms with Crippen LogP contribution in [0.25, 0.3) is 0 Å². The highest BCUT2D eigenvalue weighted by Crippen LogP contribution is 2.29.